The monoisotopic (exact) mass is 181 g/mol. The second kappa shape index (κ2) is 3.41. The summed E-state index contributed by atoms with van der Waals surface area (Å²) in [5, 5.41) is 14.6. The molecule has 0 saturated heterocycles. The van der Waals surface area contributed by atoms with E-state index in [1.165, 1.54) is 6.42 Å². The maximum absolute atomic E-state index is 3.96. The van der Waals surface area contributed by atoms with E-state index in [2.05, 4.69) is 27.8 Å². The molecule has 0 aliphatic heterocycles. The molecule has 0 bridgehead atoms. The molecule has 1 aliphatic carbocycles. The second-order valence-corrected chi connectivity index (χ2v) is 3.78. The predicted octanol–water partition coefficient (Wildman–Crippen LogP) is 0.0485. The molecule has 13 heavy (non-hydrogen) atoms. The molecule has 5 heteroatoms. The van der Waals surface area contributed by atoms with Crippen LogP contribution in [0, 0.1) is 11.8 Å². The highest BCUT2D eigenvalue weighted by molar-refractivity contribution is 4.86. The van der Waals surface area contributed by atoms with Crippen molar-refractivity contribution in [2.75, 3.05) is 7.05 Å². The molecule has 0 radical (unpaired) electrons. The minimum Gasteiger partial charge on any atom is -0.313 e. The lowest BCUT2D eigenvalue weighted by atomic mass is 10.3. The van der Waals surface area contributed by atoms with Crippen molar-refractivity contribution in [1.29, 1.82) is 0 Å². The molecule has 0 amide bonds. The van der Waals surface area contributed by atoms with E-state index in [9.17, 15) is 0 Å². The molecule has 1 saturated carbocycles. The molecule has 1 N–H and O–H groups in total. The molecule has 0 aromatic carbocycles. The van der Waals surface area contributed by atoms with E-state index in [1.54, 1.807) is 0 Å². The number of hydrogen-bond acceptors (Lipinski definition) is 4. The Bertz CT molecular complexity index is 282. The molecular formula is C8H15N5. The zero-order chi connectivity index (χ0) is 9.26. The first-order valence-electron chi connectivity index (χ1n) is 4.71. The minimum atomic E-state index is 0.744. The van der Waals surface area contributed by atoms with Crippen LogP contribution in [0.1, 0.15) is 19.2 Å². The van der Waals surface area contributed by atoms with Crippen LogP contribution < -0.4 is 5.32 Å². The summed E-state index contributed by atoms with van der Waals surface area (Å²) >= 11 is 0. The van der Waals surface area contributed by atoms with Gasteiger partial charge in [0.15, 0.2) is 5.82 Å². The van der Waals surface area contributed by atoms with Gasteiger partial charge in [-0.1, -0.05) is 6.92 Å². The van der Waals surface area contributed by atoms with Crippen molar-refractivity contribution in [1.82, 2.24) is 25.5 Å². The topological polar surface area (TPSA) is 55.6 Å². The lowest BCUT2D eigenvalue weighted by Gasteiger charge is -2.01. The molecule has 2 rings (SSSR count). The van der Waals surface area contributed by atoms with Gasteiger partial charge >= 0.3 is 0 Å². The van der Waals surface area contributed by atoms with E-state index in [4.69, 9.17) is 0 Å². The van der Waals surface area contributed by atoms with Gasteiger partial charge in [0.25, 0.3) is 0 Å². The summed E-state index contributed by atoms with van der Waals surface area (Å²) in [5.74, 6) is 2.58. The van der Waals surface area contributed by atoms with Crippen LogP contribution in [-0.2, 0) is 13.1 Å². The molecule has 1 aromatic rings. The molecule has 2 atom stereocenters. The lowest BCUT2D eigenvalue weighted by molar-refractivity contribution is 0.499. The molecule has 1 aliphatic rings. The number of nitrogens with zero attached hydrogens (tertiary/aromatic N) is 4. The van der Waals surface area contributed by atoms with Gasteiger partial charge in [-0.2, -0.15) is 0 Å². The van der Waals surface area contributed by atoms with E-state index >= 15 is 0 Å². The Morgan fingerprint density at radius 2 is 2.38 bits per heavy atom. The van der Waals surface area contributed by atoms with E-state index in [0.29, 0.717) is 0 Å². The molecule has 5 nitrogen and oxygen atoms in total. The molecular weight excluding hydrogens is 166 g/mol. The Morgan fingerprint density at radius 3 is 3.00 bits per heavy atom. The van der Waals surface area contributed by atoms with E-state index < -0.39 is 0 Å². The van der Waals surface area contributed by atoms with Gasteiger partial charge in [0.2, 0.25) is 0 Å². The SMILES string of the molecule is CNCc1nnnn1CC1CC1C. The van der Waals surface area contributed by atoms with E-state index in [0.717, 1.165) is 30.7 Å². The summed E-state index contributed by atoms with van der Waals surface area (Å²) in [5.41, 5.74) is 0. The standard InChI is InChI=1S/C8H15N5/c1-6-3-7(6)5-13-8(4-9-2)10-11-12-13/h6-7,9H,3-5H2,1-2H3. The summed E-state index contributed by atoms with van der Waals surface area (Å²) in [6, 6.07) is 0. The Labute approximate surface area is 77.5 Å². The molecule has 1 aromatic heterocycles. The van der Waals surface area contributed by atoms with Crippen molar-refractivity contribution in [2.24, 2.45) is 11.8 Å². The van der Waals surface area contributed by atoms with Gasteiger partial charge in [-0.05, 0) is 35.7 Å². The average Bonchev–Trinajstić information content (AvgIpc) is 2.62. The zero-order valence-corrected chi connectivity index (χ0v) is 8.06. The Balaban J connectivity index is 1.98. The first kappa shape index (κ1) is 8.62. The van der Waals surface area contributed by atoms with Crippen molar-refractivity contribution in [3.63, 3.8) is 0 Å². The Morgan fingerprint density at radius 1 is 1.62 bits per heavy atom. The van der Waals surface area contributed by atoms with Crippen molar-refractivity contribution in [3.05, 3.63) is 5.82 Å². The average molecular weight is 181 g/mol. The molecule has 0 spiro atoms. The van der Waals surface area contributed by atoms with Crippen molar-refractivity contribution in [3.8, 4) is 0 Å². The molecule has 1 fully saturated rings. The highest BCUT2D eigenvalue weighted by atomic mass is 15.5. The Hall–Kier alpha value is -0.970. The fraction of sp³-hybridized carbons (Fsp3) is 0.875. The fourth-order valence-corrected chi connectivity index (χ4v) is 1.53. The van der Waals surface area contributed by atoms with Crippen LogP contribution in [-0.4, -0.2) is 27.3 Å². The van der Waals surface area contributed by atoms with Crippen LogP contribution >= 0.6 is 0 Å². The van der Waals surface area contributed by atoms with Gasteiger partial charge in [-0.3, -0.25) is 0 Å². The van der Waals surface area contributed by atoms with Crippen LogP contribution in [0.2, 0.25) is 0 Å². The molecule has 72 valence electrons. The molecule has 2 unspecified atom stereocenters. The third kappa shape index (κ3) is 1.85. The maximum Gasteiger partial charge on any atom is 0.165 e. The van der Waals surface area contributed by atoms with E-state index in [-0.39, 0.29) is 0 Å². The van der Waals surface area contributed by atoms with Crippen molar-refractivity contribution < 1.29 is 0 Å². The van der Waals surface area contributed by atoms with Gasteiger partial charge in [0, 0.05) is 6.54 Å². The Kier molecular flexibility index (Phi) is 2.26. The number of rotatable bonds is 4. The third-order valence-corrected chi connectivity index (χ3v) is 2.62. The predicted molar refractivity (Wildman–Crippen MR) is 47.9 cm³/mol. The van der Waals surface area contributed by atoms with Crippen LogP contribution in [0.25, 0.3) is 0 Å². The first-order chi connectivity index (χ1) is 6.31. The lowest BCUT2D eigenvalue weighted by Crippen LogP contribution is -2.14. The van der Waals surface area contributed by atoms with Crippen LogP contribution in [0.3, 0.4) is 0 Å². The number of aromatic nitrogens is 4. The summed E-state index contributed by atoms with van der Waals surface area (Å²) in [6.45, 7) is 3.99. The van der Waals surface area contributed by atoms with E-state index in [1.807, 2.05) is 11.7 Å². The first-order valence-corrected chi connectivity index (χ1v) is 4.71. The van der Waals surface area contributed by atoms with Crippen molar-refractivity contribution >= 4 is 0 Å². The van der Waals surface area contributed by atoms with Gasteiger partial charge < -0.3 is 5.32 Å². The minimum absolute atomic E-state index is 0.744. The highest BCUT2D eigenvalue weighted by Crippen LogP contribution is 2.38. The second-order valence-electron chi connectivity index (χ2n) is 3.78. The summed E-state index contributed by atoms with van der Waals surface area (Å²) in [7, 11) is 1.90. The van der Waals surface area contributed by atoms with Crippen LogP contribution in [0.4, 0.5) is 0 Å². The number of nitrogens with one attached hydrogen (secondary N) is 1. The largest absolute Gasteiger partial charge is 0.313 e. The van der Waals surface area contributed by atoms with Gasteiger partial charge in [-0.25, -0.2) is 4.68 Å². The molecule has 1 heterocycles. The highest BCUT2D eigenvalue weighted by Gasteiger charge is 2.33. The number of tetrazole rings is 1. The van der Waals surface area contributed by atoms with Gasteiger partial charge in [0.1, 0.15) is 0 Å². The smallest absolute Gasteiger partial charge is 0.165 e. The summed E-state index contributed by atoms with van der Waals surface area (Å²) in [4.78, 5) is 0. The zero-order valence-electron chi connectivity index (χ0n) is 8.06. The summed E-state index contributed by atoms with van der Waals surface area (Å²) < 4.78 is 1.91. The van der Waals surface area contributed by atoms with Crippen LogP contribution in [0.15, 0.2) is 0 Å². The number of hydrogen-bond donors (Lipinski definition) is 1. The third-order valence-electron chi connectivity index (χ3n) is 2.62. The fourth-order valence-electron chi connectivity index (χ4n) is 1.53. The van der Waals surface area contributed by atoms with Gasteiger partial charge in [0.05, 0.1) is 6.54 Å². The summed E-state index contributed by atoms with van der Waals surface area (Å²) in [6.07, 6.45) is 1.32. The van der Waals surface area contributed by atoms with Crippen LogP contribution in [0.5, 0.6) is 0 Å². The quantitative estimate of drug-likeness (QED) is 0.713. The van der Waals surface area contributed by atoms with Gasteiger partial charge in [-0.15, -0.1) is 5.10 Å². The normalized spacial score (nSPS) is 26.3. The maximum atomic E-state index is 3.96. The van der Waals surface area contributed by atoms with Crippen molar-refractivity contribution in [2.45, 2.75) is 26.4 Å².